The van der Waals surface area contributed by atoms with Crippen molar-refractivity contribution in [3.63, 3.8) is 0 Å². The highest BCUT2D eigenvalue weighted by molar-refractivity contribution is 7.13. The first kappa shape index (κ1) is 12.1. The van der Waals surface area contributed by atoms with E-state index in [1.54, 1.807) is 4.57 Å². The van der Waals surface area contributed by atoms with Gasteiger partial charge in [-0.2, -0.15) is 0 Å². The van der Waals surface area contributed by atoms with Gasteiger partial charge in [0.1, 0.15) is 5.69 Å². The summed E-state index contributed by atoms with van der Waals surface area (Å²) in [7, 11) is 0. The van der Waals surface area contributed by atoms with Crippen molar-refractivity contribution in [3.05, 3.63) is 52.1 Å². The van der Waals surface area contributed by atoms with Crippen molar-refractivity contribution in [2.24, 2.45) is 0 Å². The van der Waals surface area contributed by atoms with E-state index in [1.165, 1.54) is 11.3 Å². The Kier molecular flexibility index (Phi) is 3.15. The minimum atomic E-state index is -0.0372. The fraction of sp³-hybridized carbons (Fsp3) is 0.143. The number of hydrogen-bond donors (Lipinski definition) is 1. The number of rotatable bonds is 3. The van der Waals surface area contributed by atoms with Crippen molar-refractivity contribution in [1.82, 2.24) is 9.55 Å². The maximum absolute atomic E-state index is 12.6. The monoisotopic (exact) mass is 272 g/mol. The number of nitrogens with zero attached hydrogens (tertiary/aromatic N) is 2. The van der Waals surface area contributed by atoms with Crippen LogP contribution in [0.15, 0.2) is 46.6 Å². The number of para-hydroxylation sites is 2. The molecule has 19 heavy (non-hydrogen) atoms. The molecule has 2 heterocycles. The molecule has 1 aromatic carbocycles. The third kappa shape index (κ3) is 2.07. The van der Waals surface area contributed by atoms with Gasteiger partial charge in [0, 0.05) is 0 Å². The minimum absolute atomic E-state index is 0.0372. The normalized spacial score (nSPS) is 11.0. The second-order valence-electron chi connectivity index (χ2n) is 4.24. The van der Waals surface area contributed by atoms with Crippen LogP contribution in [0.4, 0.5) is 0 Å². The smallest absolute Gasteiger partial charge is 0.278 e. The van der Waals surface area contributed by atoms with Gasteiger partial charge in [-0.15, -0.1) is 11.3 Å². The SMILES string of the molecule is [NH3+]CCn1c(=O)c(-c2cccs2)nc2ccccc21. The lowest BCUT2D eigenvalue weighted by atomic mass is 10.2. The van der Waals surface area contributed by atoms with Crippen LogP contribution in [0.3, 0.4) is 0 Å². The number of benzene rings is 1. The second kappa shape index (κ2) is 4.95. The number of quaternary nitrogens is 1. The maximum atomic E-state index is 12.6. The quantitative estimate of drug-likeness (QED) is 0.782. The van der Waals surface area contributed by atoms with Crippen molar-refractivity contribution >= 4 is 22.4 Å². The van der Waals surface area contributed by atoms with Gasteiger partial charge in [-0.05, 0) is 23.6 Å². The zero-order chi connectivity index (χ0) is 13.2. The van der Waals surface area contributed by atoms with E-state index in [9.17, 15) is 4.79 Å². The highest BCUT2D eigenvalue weighted by Crippen LogP contribution is 2.21. The topological polar surface area (TPSA) is 62.5 Å². The van der Waals surface area contributed by atoms with Gasteiger partial charge in [0.25, 0.3) is 5.56 Å². The molecule has 0 radical (unpaired) electrons. The molecule has 0 amide bonds. The Morgan fingerprint density at radius 2 is 2.05 bits per heavy atom. The minimum Gasteiger partial charge on any atom is -0.356 e. The molecule has 0 saturated heterocycles. The Morgan fingerprint density at radius 1 is 1.21 bits per heavy atom. The van der Waals surface area contributed by atoms with Crippen LogP contribution in [-0.4, -0.2) is 16.1 Å². The molecule has 0 bridgehead atoms. The second-order valence-corrected chi connectivity index (χ2v) is 5.18. The summed E-state index contributed by atoms with van der Waals surface area (Å²) in [4.78, 5) is 18.0. The third-order valence-electron chi connectivity index (χ3n) is 2.99. The van der Waals surface area contributed by atoms with Crippen LogP contribution >= 0.6 is 11.3 Å². The molecular weight excluding hydrogens is 258 g/mol. The lowest BCUT2D eigenvalue weighted by molar-refractivity contribution is -0.369. The highest BCUT2D eigenvalue weighted by Gasteiger charge is 2.12. The fourth-order valence-electron chi connectivity index (χ4n) is 2.15. The lowest BCUT2D eigenvalue weighted by Crippen LogP contribution is -2.52. The average Bonchev–Trinajstić information content (AvgIpc) is 2.95. The Hall–Kier alpha value is -1.98. The van der Waals surface area contributed by atoms with Gasteiger partial charge in [0.05, 0.1) is 29.0 Å². The molecule has 4 nitrogen and oxygen atoms in total. The maximum Gasteiger partial charge on any atom is 0.278 e. The molecule has 0 aliphatic heterocycles. The Bertz CT molecular complexity index is 762. The number of fused-ring (bicyclic) bond motifs is 1. The molecule has 96 valence electrons. The first-order valence-corrected chi connectivity index (χ1v) is 7.02. The van der Waals surface area contributed by atoms with Crippen molar-refractivity contribution in [3.8, 4) is 10.6 Å². The zero-order valence-electron chi connectivity index (χ0n) is 10.4. The van der Waals surface area contributed by atoms with E-state index in [0.717, 1.165) is 15.9 Å². The molecule has 0 aliphatic carbocycles. The molecule has 0 spiro atoms. The van der Waals surface area contributed by atoms with Gasteiger partial charge in [-0.1, -0.05) is 18.2 Å². The predicted octanol–water partition coefficient (Wildman–Crippen LogP) is 1.37. The third-order valence-corrected chi connectivity index (χ3v) is 3.87. The molecule has 0 aliphatic rings. The van der Waals surface area contributed by atoms with Gasteiger partial charge >= 0.3 is 0 Å². The summed E-state index contributed by atoms with van der Waals surface area (Å²) >= 11 is 1.53. The number of hydrogen-bond acceptors (Lipinski definition) is 3. The van der Waals surface area contributed by atoms with Crippen molar-refractivity contribution < 1.29 is 5.73 Å². The highest BCUT2D eigenvalue weighted by atomic mass is 32.1. The van der Waals surface area contributed by atoms with E-state index in [0.29, 0.717) is 18.8 Å². The molecule has 3 aromatic rings. The molecule has 0 unspecified atom stereocenters. The molecule has 0 saturated carbocycles. The Morgan fingerprint density at radius 3 is 2.79 bits per heavy atom. The van der Waals surface area contributed by atoms with E-state index in [1.807, 2.05) is 41.8 Å². The number of aromatic nitrogens is 2. The summed E-state index contributed by atoms with van der Waals surface area (Å²) < 4.78 is 1.77. The molecule has 3 N–H and O–H groups in total. The van der Waals surface area contributed by atoms with Gasteiger partial charge in [0.15, 0.2) is 0 Å². The van der Waals surface area contributed by atoms with Crippen LogP contribution in [0.5, 0.6) is 0 Å². The first-order valence-electron chi connectivity index (χ1n) is 6.14. The molecule has 0 atom stereocenters. The molecular formula is C14H14N3OS+. The number of thiophene rings is 1. The van der Waals surface area contributed by atoms with Crippen molar-refractivity contribution in [1.29, 1.82) is 0 Å². The largest absolute Gasteiger partial charge is 0.356 e. The van der Waals surface area contributed by atoms with Gasteiger partial charge in [-0.3, -0.25) is 9.36 Å². The van der Waals surface area contributed by atoms with Crippen molar-refractivity contribution in [2.45, 2.75) is 6.54 Å². The van der Waals surface area contributed by atoms with Gasteiger partial charge in [-0.25, -0.2) is 4.98 Å². The van der Waals surface area contributed by atoms with Gasteiger partial charge in [0.2, 0.25) is 0 Å². The van der Waals surface area contributed by atoms with Crippen molar-refractivity contribution in [2.75, 3.05) is 6.54 Å². The van der Waals surface area contributed by atoms with Gasteiger partial charge < -0.3 is 5.73 Å². The van der Waals surface area contributed by atoms with E-state index in [-0.39, 0.29) is 5.56 Å². The van der Waals surface area contributed by atoms with Crippen LogP contribution in [-0.2, 0) is 6.54 Å². The Labute approximate surface area is 114 Å². The summed E-state index contributed by atoms with van der Waals surface area (Å²) in [5, 5.41) is 1.96. The zero-order valence-corrected chi connectivity index (χ0v) is 11.2. The van der Waals surface area contributed by atoms with E-state index in [4.69, 9.17) is 0 Å². The molecule has 0 fully saturated rings. The van der Waals surface area contributed by atoms with Crippen LogP contribution in [0.25, 0.3) is 21.6 Å². The van der Waals surface area contributed by atoms with E-state index < -0.39 is 0 Å². The summed E-state index contributed by atoms with van der Waals surface area (Å²) in [6.45, 7) is 1.29. The average molecular weight is 272 g/mol. The predicted molar refractivity (Wildman–Crippen MR) is 77.1 cm³/mol. The summed E-state index contributed by atoms with van der Waals surface area (Å²) in [5.74, 6) is 0. The molecule has 5 heteroatoms. The summed E-state index contributed by atoms with van der Waals surface area (Å²) in [6.07, 6.45) is 0. The standard InChI is InChI=1S/C14H13N3OS/c15-7-8-17-11-5-2-1-4-10(11)16-13(14(17)18)12-6-3-9-19-12/h1-6,9H,7-8,15H2/p+1. The summed E-state index contributed by atoms with van der Waals surface area (Å²) in [6, 6.07) is 11.6. The van der Waals surface area contributed by atoms with E-state index >= 15 is 0 Å². The fourth-order valence-corrected chi connectivity index (χ4v) is 2.85. The van der Waals surface area contributed by atoms with Crippen LogP contribution in [0.1, 0.15) is 0 Å². The molecule has 2 aromatic heterocycles. The van der Waals surface area contributed by atoms with Crippen LogP contribution < -0.4 is 11.3 Å². The Balaban J connectivity index is 2.36. The first-order chi connectivity index (χ1) is 9.31. The lowest BCUT2D eigenvalue weighted by Gasteiger charge is -2.09. The van der Waals surface area contributed by atoms with E-state index in [2.05, 4.69) is 10.7 Å². The van der Waals surface area contributed by atoms with Crippen LogP contribution in [0.2, 0.25) is 0 Å². The van der Waals surface area contributed by atoms with Crippen LogP contribution in [0, 0.1) is 0 Å². The molecule has 3 rings (SSSR count). The summed E-state index contributed by atoms with van der Waals surface area (Å²) in [5.41, 5.74) is 6.05.